The van der Waals surface area contributed by atoms with Crippen LogP contribution in [0.1, 0.15) is 33.1 Å². The molecule has 1 saturated heterocycles. The molecule has 5 nitrogen and oxygen atoms in total. The molecule has 2 unspecified atom stereocenters. The van der Waals surface area contributed by atoms with Crippen LogP contribution in [0.15, 0.2) is 0 Å². The standard InChI is InChI=1S/C13H27N3O2S/c1-3-16-7-6-12(10-16)9-15-19(17,18)11(2)8-14-13-4-5-13/h11-15H,3-10H2,1-2H3. The molecule has 0 radical (unpaired) electrons. The third-order valence-electron chi connectivity index (χ3n) is 4.19. The first kappa shape index (κ1) is 15.2. The van der Waals surface area contributed by atoms with E-state index in [0.29, 0.717) is 25.0 Å². The monoisotopic (exact) mass is 289 g/mol. The Morgan fingerprint density at radius 3 is 2.63 bits per heavy atom. The van der Waals surface area contributed by atoms with E-state index in [9.17, 15) is 8.42 Å². The average molecular weight is 289 g/mol. The second kappa shape index (κ2) is 6.52. The minimum Gasteiger partial charge on any atom is -0.313 e. The van der Waals surface area contributed by atoms with Crippen molar-refractivity contribution in [2.45, 2.75) is 44.4 Å². The number of rotatable bonds is 8. The van der Waals surface area contributed by atoms with Gasteiger partial charge in [-0.2, -0.15) is 0 Å². The van der Waals surface area contributed by atoms with Crippen LogP contribution in [0, 0.1) is 5.92 Å². The topological polar surface area (TPSA) is 61.4 Å². The quantitative estimate of drug-likeness (QED) is 0.678. The highest BCUT2D eigenvalue weighted by atomic mass is 32.2. The zero-order valence-corrected chi connectivity index (χ0v) is 12.9. The van der Waals surface area contributed by atoms with Gasteiger partial charge in [0.25, 0.3) is 0 Å². The minimum atomic E-state index is -3.17. The van der Waals surface area contributed by atoms with Gasteiger partial charge in [0.1, 0.15) is 0 Å². The molecule has 2 atom stereocenters. The molecular weight excluding hydrogens is 262 g/mol. The molecule has 1 aliphatic heterocycles. The lowest BCUT2D eigenvalue weighted by atomic mass is 10.1. The van der Waals surface area contributed by atoms with Gasteiger partial charge in [0, 0.05) is 25.7 Å². The number of nitrogens with zero attached hydrogens (tertiary/aromatic N) is 1. The van der Waals surface area contributed by atoms with Crippen LogP contribution in [0.25, 0.3) is 0 Å². The van der Waals surface area contributed by atoms with Crippen LogP contribution in [-0.4, -0.2) is 57.3 Å². The molecule has 1 saturated carbocycles. The van der Waals surface area contributed by atoms with Crippen LogP contribution in [0.5, 0.6) is 0 Å². The van der Waals surface area contributed by atoms with Crippen molar-refractivity contribution in [3.63, 3.8) is 0 Å². The molecule has 6 heteroatoms. The van der Waals surface area contributed by atoms with Crippen LogP contribution in [0.2, 0.25) is 0 Å². The third-order valence-corrected chi connectivity index (χ3v) is 5.99. The third kappa shape index (κ3) is 4.70. The molecular formula is C13H27N3O2S. The van der Waals surface area contributed by atoms with Crippen LogP contribution in [0.4, 0.5) is 0 Å². The summed E-state index contributed by atoms with van der Waals surface area (Å²) in [4.78, 5) is 2.37. The van der Waals surface area contributed by atoms with E-state index in [4.69, 9.17) is 0 Å². The maximum absolute atomic E-state index is 12.1. The Morgan fingerprint density at radius 2 is 2.05 bits per heavy atom. The number of sulfonamides is 1. The summed E-state index contributed by atoms with van der Waals surface area (Å²) in [5, 5.41) is 2.93. The van der Waals surface area contributed by atoms with E-state index in [0.717, 1.165) is 26.1 Å². The number of hydrogen-bond donors (Lipinski definition) is 2. The summed E-state index contributed by atoms with van der Waals surface area (Å²) in [7, 11) is -3.17. The molecule has 0 spiro atoms. The van der Waals surface area contributed by atoms with Gasteiger partial charge in [0.15, 0.2) is 0 Å². The molecule has 0 aromatic rings. The molecule has 1 heterocycles. The van der Waals surface area contributed by atoms with Crippen molar-refractivity contribution in [3.8, 4) is 0 Å². The van der Waals surface area contributed by atoms with Crippen molar-refractivity contribution in [1.29, 1.82) is 0 Å². The summed E-state index contributed by atoms with van der Waals surface area (Å²) in [6, 6.07) is 0.561. The SMILES string of the molecule is CCN1CCC(CNS(=O)(=O)C(C)CNC2CC2)C1. The van der Waals surface area contributed by atoms with Gasteiger partial charge < -0.3 is 10.2 Å². The second-order valence-electron chi connectivity index (χ2n) is 5.93. The Hall–Kier alpha value is -0.170. The number of hydrogen-bond acceptors (Lipinski definition) is 4. The summed E-state index contributed by atoms with van der Waals surface area (Å²) < 4.78 is 27.0. The summed E-state index contributed by atoms with van der Waals surface area (Å²) in [5.74, 6) is 0.471. The summed E-state index contributed by atoms with van der Waals surface area (Å²) in [5.41, 5.74) is 0. The van der Waals surface area contributed by atoms with Crippen molar-refractivity contribution < 1.29 is 8.42 Å². The predicted octanol–water partition coefficient (Wildman–Crippen LogP) is 0.388. The molecule has 0 aromatic carbocycles. The van der Waals surface area contributed by atoms with Crippen LogP contribution in [-0.2, 0) is 10.0 Å². The van der Waals surface area contributed by atoms with Crippen molar-refractivity contribution in [3.05, 3.63) is 0 Å². The van der Waals surface area contributed by atoms with Gasteiger partial charge in [-0.3, -0.25) is 0 Å². The summed E-state index contributed by atoms with van der Waals surface area (Å²) >= 11 is 0. The largest absolute Gasteiger partial charge is 0.313 e. The molecule has 2 fully saturated rings. The Morgan fingerprint density at radius 1 is 1.32 bits per heavy atom. The van der Waals surface area contributed by atoms with Gasteiger partial charge in [-0.05, 0) is 45.2 Å². The summed E-state index contributed by atoms with van der Waals surface area (Å²) in [6.45, 7) is 8.27. The van der Waals surface area contributed by atoms with Crippen molar-refractivity contribution in [2.24, 2.45) is 5.92 Å². The maximum Gasteiger partial charge on any atom is 0.215 e. The van der Waals surface area contributed by atoms with Crippen LogP contribution < -0.4 is 10.0 Å². The zero-order valence-electron chi connectivity index (χ0n) is 12.1. The predicted molar refractivity (Wildman–Crippen MR) is 77.6 cm³/mol. The van der Waals surface area contributed by atoms with Crippen molar-refractivity contribution in [2.75, 3.05) is 32.7 Å². The summed E-state index contributed by atoms with van der Waals surface area (Å²) in [6.07, 6.45) is 3.48. The fourth-order valence-electron chi connectivity index (χ4n) is 2.47. The number of nitrogens with one attached hydrogen (secondary N) is 2. The Balaban J connectivity index is 1.70. The van der Waals surface area contributed by atoms with E-state index in [2.05, 4.69) is 21.9 Å². The lowest BCUT2D eigenvalue weighted by Crippen LogP contribution is -2.41. The molecule has 1 aliphatic carbocycles. The normalized spacial score (nSPS) is 26.7. The van der Waals surface area contributed by atoms with Crippen LogP contribution >= 0.6 is 0 Å². The Bertz CT molecular complexity index is 381. The van der Waals surface area contributed by atoms with Gasteiger partial charge >= 0.3 is 0 Å². The van der Waals surface area contributed by atoms with E-state index in [1.165, 1.54) is 12.8 Å². The minimum absolute atomic E-state index is 0.350. The highest BCUT2D eigenvalue weighted by molar-refractivity contribution is 7.90. The molecule has 0 amide bonds. The first-order valence-corrected chi connectivity index (χ1v) is 9.00. The Labute approximate surface area is 117 Å². The van der Waals surface area contributed by atoms with E-state index >= 15 is 0 Å². The van der Waals surface area contributed by atoms with Gasteiger partial charge in [0.2, 0.25) is 10.0 Å². The molecule has 19 heavy (non-hydrogen) atoms. The lowest BCUT2D eigenvalue weighted by Gasteiger charge is -2.17. The van der Waals surface area contributed by atoms with Crippen molar-refractivity contribution >= 4 is 10.0 Å². The molecule has 2 N–H and O–H groups in total. The van der Waals surface area contributed by atoms with Crippen LogP contribution in [0.3, 0.4) is 0 Å². The van der Waals surface area contributed by atoms with Gasteiger partial charge in [0.05, 0.1) is 5.25 Å². The molecule has 0 aromatic heterocycles. The van der Waals surface area contributed by atoms with Gasteiger partial charge in [-0.15, -0.1) is 0 Å². The highest BCUT2D eigenvalue weighted by Crippen LogP contribution is 2.19. The Kier molecular flexibility index (Phi) is 5.22. The molecule has 2 rings (SSSR count). The van der Waals surface area contributed by atoms with Gasteiger partial charge in [-0.1, -0.05) is 6.92 Å². The first-order valence-electron chi connectivity index (χ1n) is 7.45. The highest BCUT2D eigenvalue weighted by Gasteiger charge is 2.27. The smallest absolute Gasteiger partial charge is 0.215 e. The van der Waals surface area contributed by atoms with E-state index < -0.39 is 10.0 Å². The maximum atomic E-state index is 12.1. The van der Waals surface area contributed by atoms with E-state index in [1.54, 1.807) is 6.92 Å². The lowest BCUT2D eigenvalue weighted by molar-refractivity contribution is 0.342. The first-order chi connectivity index (χ1) is 9.01. The average Bonchev–Trinajstić information content (AvgIpc) is 3.10. The fraction of sp³-hybridized carbons (Fsp3) is 1.00. The van der Waals surface area contributed by atoms with Gasteiger partial charge in [-0.25, -0.2) is 13.1 Å². The van der Waals surface area contributed by atoms with Crippen molar-refractivity contribution in [1.82, 2.24) is 14.9 Å². The molecule has 112 valence electrons. The second-order valence-corrected chi connectivity index (χ2v) is 8.12. The molecule has 2 aliphatic rings. The van der Waals surface area contributed by atoms with E-state index in [-0.39, 0.29) is 5.25 Å². The fourth-order valence-corrected chi connectivity index (χ4v) is 3.54. The van der Waals surface area contributed by atoms with E-state index in [1.807, 2.05) is 0 Å². The molecule has 0 bridgehead atoms. The zero-order chi connectivity index (χ0) is 13.9. The number of likely N-dealkylation sites (tertiary alicyclic amines) is 1.